The molecule has 1 atom stereocenters. The van der Waals surface area contributed by atoms with Gasteiger partial charge in [-0.1, -0.05) is 13.8 Å². The van der Waals surface area contributed by atoms with Crippen molar-refractivity contribution in [1.82, 2.24) is 5.32 Å². The van der Waals surface area contributed by atoms with E-state index in [-0.39, 0.29) is 11.5 Å². The summed E-state index contributed by atoms with van der Waals surface area (Å²) in [5, 5.41) is 11.7. The van der Waals surface area contributed by atoms with E-state index in [1.54, 1.807) is 20.8 Å². The lowest BCUT2D eigenvalue weighted by atomic mass is 9.90. The summed E-state index contributed by atoms with van der Waals surface area (Å²) in [6.07, 6.45) is 0. The van der Waals surface area contributed by atoms with Crippen LogP contribution in [0.15, 0.2) is 29.2 Å². The van der Waals surface area contributed by atoms with Crippen LogP contribution in [0.3, 0.4) is 0 Å². The Kier molecular flexibility index (Phi) is 5.25. The number of halogens is 2. The van der Waals surface area contributed by atoms with E-state index in [4.69, 9.17) is 5.26 Å². The van der Waals surface area contributed by atoms with Gasteiger partial charge in [0.1, 0.15) is 5.54 Å². The van der Waals surface area contributed by atoms with E-state index in [0.717, 1.165) is 24.3 Å². The van der Waals surface area contributed by atoms with E-state index >= 15 is 0 Å². The van der Waals surface area contributed by atoms with Crippen LogP contribution in [0.1, 0.15) is 31.1 Å². The van der Waals surface area contributed by atoms with Crippen LogP contribution in [0.4, 0.5) is 8.78 Å². The lowest BCUT2D eigenvalue weighted by Gasteiger charge is -2.27. The van der Waals surface area contributed by atoms with Crippen LogP contribution in [0.25, 0.3) is 0 Å². The van der Waals surface area contributed by atoms with E-state index in [2.05, 4.69) is 5.32 Å². The van der Waals surface area contributed by atoms with E-state index in [0.29, 0.717) is 0 Å². The average Bonchev–Trinajstić information content (AvgIpc) is 2.46. The van der Waals surface area contributed by atoms with Crippen molar-refractivity contribution >= 4 is 15.7 Å². The van der Waals surface area contributed by atoms with Gasteiger partial charge in [-0.15, -0.1) is 0 Å². The number of nitrogens with zero attached hydrogens (tertiary/aromatic N) is 1. The third-order valence-corrected chi connectivity index (χ3v) is 4.84. The van der Waals surface area contributed by atoms with Gasteiger partial charge in [0.15, 0.2) is 0 Å². The molecule has 0 saturated heterocycles. The molecule has 1 unspecified atom stereocenters. The highest BCUT2D eigenvalue weighted by Crippen LogP contribution is 2.20. The number of amides is 1. The van der Waals surface area contributed by atoms with Crippen molar-refractivity contribution < 1.29 is 22.0 Å². The summed E-state index contributed by atoms with van der Waals surface area (Å²) in [5.41, 5.74) is -1.01. The van der Waals surface area contributed by atoms with E-state index < -0.39 is 31.9 Å². The Labute approximate surface area is 127 Å². The molecule has 22 heavy (non-hydrogen) atoms. The average molecular weight is 330 g/mol. The van der Waals surface area contributed by atoms with Crippen molar-refractivity contribution in [3.63, 3.8) is 0 Å². The zero-order valence-electron chi connectivity index (χ0n) is 12.3. The first-order valence-electron chi connectivity index (χ1n) is 6.40. The van der Waals surface area contributed by atoms with Crippen molar-refractivity contribution in [2.45, 2.75) is 37.0 Å². The summed E-state index contributed by atoms with van der Waals surface area (Å²) in [6, 6.07) is 6.14. The summed E-state index contributed by atoms with van der Waals surface area (Å²) in [4.78, 5) is 11.5. The second-order valence-electron chi connectivity index (χ2n) is 5.25. The first kappa shape index (κ1) is 18.0. The number of rotatable bonds is 5. The predicted molar refractivity (Wildman–Crippen MR) is 76.0 cm³/mol. The van der Waals surface area contributed by atoms with Crippen LogP contribution >= 0.6 is 0 Å². The van der Waals surface area contributed by atoms with Gasteiger partial charge in [0.2, 0.25) is 9.84 Å². The molecule has 1 N–H and O–H groups in total. The molecule has 8 heteroatoms. The van der Waals surface area contributed by atoms with Gasteiger partial charge >= 0.3 is 5.76 Å². The quantitative estimate of drug-likeness (QED) is 0.898. The maximum atomic E-state index is 12.4. The topological polar surface area (TPSA) is 87.0 Å². The van der Waals surface area contributed by atoms with Crippen molar-refractivity contribution in [3.05, 3.63) is 29.8 Å². The molecule has 0 saturated carbocycles. The van der Waals surface area contributed by atoms with Crippen molar-refractivity contribution in [3.8, 4) is 6.07 Å². The highest BCUT2D eigenvalue weighted by Gasteiger charge is 2.31. The maximum absolute atomic E-state index is 12.4. The highest BCUT2D eigenvalue weighted by atomic mass is 32.2. The van der Waals surface area contributed by atoms with Gasteiger partial charge in [-0.05, 0) is 37.1 Å². The van der Waals surface area contributed by atoms with Gasteiger partial charge in [0.05, 0.1) is 11.0 Å². The smallest absolute Gasteiger partial charge is 0.334 e. The minimum absolute atomic E-state index is 0.0790. The van der Waals surface area contributed by atoms with E-state index in [9.17, 15) is 22.0 Å². The number of benzene rings is 1. The molecule has 1 aromatic carbocycles. The van der Waals surface area contributed by atoms with Crippen LogP contribution in [-0.4, -0.2) is 25.6 Å². The third-order valence-electron chi connectivity index (χ3n) is 3.44. The first-order valence-corrected chi connectivity index (χ1v) is 7.95. The lowest BCUT2D eigenvalue weighted by molar-refractivity contribution is 0.0908. The Morgan fingerprint density at radius 1 is 1.27 bits per heavy atom. The standard InChI is InChI=1S/C14H16F2N2O3S/c1-9(2)14(3,8-17)18-12(19)10-4-6-11(7-5-10)22(20,21)13(15)16/h4-7,9,13H,1-3H3,(H,18,19). The number of hydrogen-bond donors (Lipinski definition) is 1. The molecule has 0 fully saturated rings. The molecule has 1 rings (SSSR count). The Morgan fingerprint density at radius 3 is 2.14 bits per heavy atom. The molecule has 5 nitrogen and oxygen atoms in total. The SMILES string of the molecule is CC(C)C(C)(C#N)NC(=O)c1ccc(S(=O)(=O)C(F)F)cc1. The van der Waals surface area contributed by atoms with Crippen LogP contribution in [0.2, 0.25) is 0 Å². The highest BCUT2D eigenvalue weighted by molar-refractivity contribution is 7.91. The normalized spacial score (nSPS) is 14.5. The zero-order chi connectivity index (χ0) is 17.1. The van der Waals surface area contributed by atoms with Crippen molar-refractivity contribution in [2.75, 3.05) is 0 Å². The van der Waals surface area contributed by atoms with Crippen LogP contribution in [0.5, 0.6) is 0 Å². The molecule has 0 aromatic heterocycles. The Balaban J connectivity index is 3.02. The summed E-state index contributed by atoms with van der Waals surface area (Å²) in [5.74, 6) is -4.26. The summed E-state index contributed by atoms with van der Waals surface area (Å²) in [6.45, 7) is 5.09. The van der Waals surface area contributed by atoms with Gasteiger partial charge in [0, 0.05) is 5.56 Å². The monoisotopic (exact) mass is 330 g/mol. The van der Waals surface area contributed by atoms with Gasteiger partial charge in [-0.3, -0.25) is 4.79 Å². The molecule has 0 spiro atoms. The first-order chi connectivity index (χ1) is 10.0. The Bertz CT molecular complexity index is 694. The maximum Gasteiger partial charge on any atom is 0.341 e. The number of carbonyl (C=O) groups excluding carboxylic acids is 1. The fraction of sp³-hybridized carbons (Fsp3) is 0.429. The number of alkyl halides is 2. The fourth-order valence-corrected chi connectivity index (χ4v) is 2.23. The molecule has 0 aliphatic heterocycles. The number of hydrogen-bond acceptors (Lipinski definition) is 4. The second kappa shape index (κ2) is 6.40. The molecular formula is C14H16F2N2O3S. The largest absolute Gasteiger partial charge is 0.341 e. The Morgan fingerprint density at radius 2 is 1.77 bits per heavy atom. The van der Waals surface area contributed by atoms with Crippen LogP contribution < -0.4 is 5.32 Å². The van der Waals surface area contributed by atoms with Gasteiger partial charge in [-0.2, -0.15) is 14.0 Å². The molecule has 1 aromatic rings. The summed E-state index contributed by atoms with van der Waals surface area (Å²) in [7, 11) is -4.69. The minimum atomic E-state index is -4.69. The molecule has 0 bridgehead atoms. The third kappa shape index (κ3) is 3.60. The summed E-state index contributed by atoms with van der Waals surface area (Å²) >= 11 is 0. The minimum Gasteiger partial charge on any atom is -0.334 e. The molecule has 0 radical (unpaired) electrons. The Hall–Kier alpha value is -2.01. The number of carbonyl (C=O) groups is 1. The van der Waals surface area contributed by atoms with Gasteiger partial charge < -0.3 is 5.32 Å². The van der Waals surface area contributed by atoms with E-state index in [1.807, 2.05) is 6.07 Å². The van der Waals surface area contributed by atoms with Gasteiger partial charge in [-0.25, -0.2) is 8.42 Å². The number of nitriles is 1. The molecule has 0 heterocycles. The second-order valence-corrected chi connectivity index (χ2v) is 7.17. The molecule has 120 valence electrons. The molecule has 1 amide bonds. The zero-order valence-corrected chi connectivity index (χ0v) is 13.1. The predicted octanol–water partition coefficient (Wildman–Crippen LogP) is 2.35. The lowest BCUT2D eigenvalue weighted by Crippen LogP contribution is -2.48. The molecule has 0 aliphatic carbocycles. The number of nitrogens with one attached hydrogen (secondary N) is 1. The van der Waals surface area contributed by atoms with Crippen molar-refractivity contribution in [2.24, 2.45) is 5.92 Å². The summed E-state index contributed by atoms with van der Waals surface area (Å²) < 4.78 is 47.4. The van der Waals surface area contributed by atoms with Crippen LogP contribution in [0, 0.1) is 17.2 Å². The molecular weight excluding hydrogens is 314 g/mol. The van der Waals surface area contributed by atoms with Gasteiger partial charge in [0.25, 0.3) is 5.91 Å². The molecule has 0 aliphatic rings. The number of sulfone groups is 1. The van der Waals surface area contributed by atoms with Crippen LogP contribution in [-0.2, 0) is 9.84 Å². The van der Waals surface area contributed by atoms with E-state index in [1.165, 1.54) is 0 Å². The fourth-order valence-electron chi connectivity index (χ4n) is 1.51. The van der Waals surface area contributed by atoms with Crippen molar-refractivity contribution in [1.29, 1.82) is 5.26 Å².